The Balaban J connectivity index is 2.06. The Morgan fingerprint density at radius 2 is 1.65 bits per heavy atom. The molecule has 0 bridgehead atoms. The molecule has 20 heavy (non-hydrogen) atoms. The summed E-state index contributed by atoms with van der Waals surface area (Å²) in [5, 5.41) is 0. The highest BCUT2D eigenvalue weighted by Gasteiger charge is 2.01. The normalized spacial score (nSPS) is 10.5. The molecule has 0 spiro atoms. The lowest BCUT2D eigenvalue weighted by Gasteiger charge is -2.07. The Hall–Kier alpha value is -1.31. The van der Waals surface area contributed by atoms with E-state index in [2.05, 4.69) is 6.92 Å². The van der Waals surface area contributed by atoms with Crippen LogP contribution in [0.2, 0.25) is 0 Å². The number of ketones is 1. The highest BCUT2D eigenvalue weighted by molar-refractivity contribution is 5.94. The molecule has 0 atom stereocenters. The molecule has 0 saturated carbocycles. The quantitative estimate of drug-likeness (QED) is 0.399. The Morgan fingerprint density at radius 3 is 2.30 bits per heavy atom. The molecule has 0 aromatic heterocycles. The van der Waals surface area contributed by atoms with Crippen LogP contribution in [0.4, 0.5) is 0 Å². The van der Waals surface area contributed by atoms with Gasteiger partial charge in [0.1, 0.15) is 5.75 Å². The first-order valence-electron chi connectivity index (χ1n) is 7.98. The minimum Gasteiger partial charge on any atom is -0.494 e. The zero-order valence-corrected chi connectivity index (χ0v) is 13.0. The van der Waals surface area contributed by atoms with Crippen LogP contribution in [-0.4, -0.2) is 12.4 Å². The first kappa shape index (κ1) is 16.7. The van der Waals surface area contributed by atoms with Crippen LogP contribution in [-0.2, 0) is 0 Å². The minimum atomic E-state index is 0.0857. The monoisotopic (exact) mass is 276 g/mol. The highest BCUT2D eigenvalue weighted by Crippen LogP contribution is 2.15. The summed E-state index contributed by atoms with van der Waals surface area (Å²) < 4.78 is 5.69. The highest BCUT2D eigenvalue weighted by atomic mass is 16.5. The first-order valence-corrected chi connectivity index (χ1v) is 7.98. The van der Waals surface area contributed by atoms with Gasteiger partial charge < -0.3 is 4.74 Å². The second kappa shape index (κ2) is 10.5. The van der Waals surface area contributed by atoms with Crippen LogP contribution in [0.25, 0.3) is 0 Å². The lowest BCUT2D eigenvalue weighted by Crippen LogP contribution is -1.99. The topological polar surface area (TPSA) is 26.3 Å². The predicted octanol–water partition coefficient (Wildman–Crippen LogP) is 5.41. The second-order valence-electron chi connectivity index (χ2n) is 5.41. The summed E-state index contributed by atoms with van der Waals surface area (Å²) in [6.45, 7) is 4.58. The molecule has 1 aromatic carbocycles. The molecule has 0 heterocycles. The number of hydrogen-bond donors (Lipinski definition) is 0. The van der Waals surface area contributed by atoms with E-state index >= 15 is 0 Å². The van der Waals surface area contributed by atoms with E-state index in [1.807, 2.05) is 24.3 Å². The van der Waals surface area contributed by atoms with Crippen molar-refractivity contribution in [3.05, 3.63) is 29.8 Å². The summed E-state index contributed by atoms with van der Waals surface area (Å²) in [4.78, 5) is 11.3. The predicted molar refractivity (Wildman–Crippen MR) is 84.6 cm³/mol. The molecule has 0 saturated heterocycles. The number of hydrogen-bond acceptors (Lipinski definition) is 2. The smallest absolute Gasteiger partial charge is 0.159 e. The van der Waals surface area contributed by atoms with Crippen molar-refractivity contribution in [2.45, 2.75) is 65.2 Å². The number of carbonyl (C=O) groups is 1. The first-order chi connectivity index (χ1) is 9.74. The number of unbranched alkanes of at least 4 members (excludes halogenated alkanes) is 7. The molecule has 1 aromatic rings. The fourth-order valence-electron chi connectivity index (χ4n) is 2.23. The van der Waals surface area contributed by atoms with E-state index in [4.69, 9.17) is 4.74 Å². The maximum Gasteiger partial charge on any atom is 0.159 e. The number of benzene rings is 1. The van der Waals surface area contributed by atoms with Crippen molar-refractivity contribution < 1.29 is 9.53 Å². The molecule has 0 amide bonds. The van der Waals surface area contributed by atoms with E-state index in [0.29, 0.717) is 0 Å². The Kier molecular flexibility index (Phi) is 8.77. The summed E-state index contributed by atoms with van der Waals surface area (Å²) in [7, 11) is 0. The standard InChI is InChI=1S/C18H28O2/c1-3-4-5-6-7-8-9-10-14-20-18-13-11-12-17(15-18)16(2)19/h11-13,15H,3-10,14H2,1-2H3. The molecule has 0 radical (unpaired) electrons. The summed E-state index contributed by atoms with van der Waals surface area (Å²) in [5.41, 5.74) is 0.721. The van der Waals surface area contributed by atoms with Gasteiger partial charge in [-0.25, -0.2) is 0 Å². The largest absolute Gasteiger partial charge is 0.494 e. The van der Waals surface area contributed by atoms with Crippen LogP contribution < -0.4 is 4.74 Å². The van der Waals surface area contributed by atoms with Gasteiger partial charge in [0.25, 0.3) is 0 Å². The van der Waals surface area contributed by atoms with Crippen molar-refractivity contribution in [3.8, 4) is 5.75 Å². The summed E-state index contributed by atoms with van der Waals surface area (Å²) in [5.74, 6) is 0.892. The molecule has 1 rings (SSSR count). The van der Waals surface area contributed by atoms with Crippen LogP contribution in [0.5, 0.6) is 5.75 Å². The maximum absolute atomic E-state index is 11.3. The van der Waals surface area contributed by atoms with Gasteiger partial charge in [-0.15, -0.1) is 0 Å². The van der Waals surface area contributed by atoms with Gasteiger partial charge in [-0.1, -0.05) is 64.0 Å². The van der Waals surface area contributed by atoms with Crippen LogP contribution in [0.15, 0.2) is 24.3 Å². The third-order valence-electron chi connectivity index (χ3n) is 3.51. The van der Waals surface area contributed by atoms with Gasteiger partial charge >= 0.3 is 0 Å². The van der Waals surface area contributed by atoms with Crippen molar-refractivity contribution in [3.63, 3.8) is 0 Å². The molecular weight excluding hydrogens is 248 g/mol. The van der Waals surface area contributed by atoms with Crippen LogP contribution in [0, 0.1) is 0 Å². The van der Waals surface area contributed by atoms with E-state index in [1.54, 1.807) is 6.92 Å². The molecule has 0 fully saturated rings. The van der Waals surface area contributed by atoms with Crippen LogP contribution >= 0.6 is 0 Å². The number of ether oxygens (including phenoxy) is 1. The third kappa shape index (κ3) is 7.32. The molecule has 2 nitrogen and oxygen atoms in total. The fourth-order valence-corrected chi connectivity index (χ4v) is 2.23. The second-order valence-corrected chi connectivity index (χ2v) is 5.41. The molecule has 0 aliphatic rings. The molecule has 0 N–H and O–H groups in total. The fraction of sp³-hybridized carbons (Fsp3) is 0.611. The van der Waals surface area contributed by atoms with Crippen molar-refractivity contribution in [1.29, 1.82) is 0 Å². The number of Topliss-reactive ketones (excluding diaryl/α,β-unsaturated/α-hetero) is 1. The summed E-state index contributed by atoms with van der Waals surface area (Å²) in [6, 6.07) is 7.44. The van der Waals surface area contributed by atoms with Gasteiger partial charge in [0.05, 0.1) is 6.61 Å². The van der Waals surface area contributed by atoms with Crippen molar-refractivity contribution in [1.82, 2.24) is 0 Å². The summed E-state index contributed by atoms with van der Waals surface area (Å²) in [6.07, 6.45) is 10.4. The van der Waals surface area contributed by atoms with Crippen molar-refractivity contribution in [2.24, 2.45) is 0 Å². The van der Waals surface area contributed by atoms with Gasteiger partial charge in [0.15, 0.2) is 5.78 Å². The Labute approximate surface area is 123 Å². The minimum absolute atomic E-state index is 0.0857. The van der Waals surface area contributed by atoms with Gasteiger partial charge in [0.2, 0.25) is 0 Å². The third-order valence-corrected chi connectivity index (χ3v) is 3.51. The molecule has 2 heteroatoms. The Bertz CT molecular complexity index is 385. The van der Waals surface area contributed by atoms with Gasteiger partial charge in [-0.05, 0) is 25.5 Å². The number of carbonyl (C=O) groups excluding carboxylic acids is 1. The molecular formula is C18H28O2. The van der Waals surface area contributed by atoms with Crippen molar-refractivity contribution in [2.75, 3.05) is 6.61 Å². The maximum atomic E-state index is 11.3. The van der Waals surface area contributed by atoms with Gasteiger partial charge in [-0.2, -0.15) is 0 Å². The van der Waals surface area contributed by atoms with Crippen LogP contribution in [0.3, 0.4) is 0 Å². The number of rotatable bonds is 11. The lowest BCUT2D eigenvalue weighted by atomic mass is 10.1. The van der Waals surface area contributed by atoms with E-state index < -0.39 is 0 Å². The zero-order chi connectivity index (χ0) is 14.6. The lowest BCUT2D eigenvalue weighted by molar-refractivity contribution is 0.101. The van der Waals surface area contributed by atoms with E-state index in [-0.39, 0.29) is 5.78 Å². The van der Waals surface area contributed by atoms with E-state index in [0.717, 1.165) is 24.3 Å². The average Bonchev–Trinajstić information content (AvgIpc) is 2.46. The van der Waals surface area contributed by atoms with E-state index in [9.17, 15) is 4.79 Å². The van der Waals surface area contributed by atoms with E-state index in [1.165, 1.54) is 44.9 Å². The molecule has 0 aliphatic heterocycles. The van der Waals surface area contributed by atoms with Crippen molar-refractivity contribution >= 4 is 5.78 Å². The van der Waals surface area contributed by atoms with Gasteiger partial charge in [-0.3, -0.25) is 4.79 Å². The SMILES string of the molecule is CCCCCCCCCCOc1cccc(C(C)=O)c1. The summed E-state index contributed by atoms with van der Waals surface area (Å²) >= 11 is 0. The van der Waals surface area contributed by atoms with Gasteiger partial charge in [0, 0.05) is 5.56 Å². The van der Waals surface area contributed by atoms with Crippen LogP contribution in [0.1, 0.15) is 75.6 Å². The zero-order valence-electron chi connectivity index (χ0n) is 13.0. The molecule has 112 valence electrons. The molecule has 0 unspecified atom stereocenters. The Morgan fingerprint density at radius 1 is 1.00 bits per heavy atom. The average molecular weight is 276 g/mol. The molecule has 0 aliphatic carbocycles.